The predicted molar refractivity (Wildman–Crippen MR) is 71.0 cm³/mol. The van der Waals surface area contributed by atoms with E-state index in [4.69, 9.17) is 0 Å². The van der Waals surface area contributed by atoms with E-state index in [1.807, 2.05) is 13.0 Å². The van der Waals surface area contributed by atoms with E-state index in [-0.39, 0.29) is 5.75 Å². The minimum absolute atomic E-state index is 0.197. The fourth-order valence-electron chi connectivity index (χ4n) is 1.73. The summed E-state index contributed by atoms with van der Waals surface area (Å²) >= 11 is 3.36. The van der Waals surface area contributed by atoms with Crippen molar-refractivity contribution in [3.05, 3.63) is 52.5 Å². The van der Waals surface area contributed by atoms with E-state index < -0.39 is 6.36 Å². The Balaban J connectivity index is 2.47. The SMILES string of the molecule is Cc1cc(-c2ccccc2OC(F)(F)F)ccc1Br. The van der Waals surface area contributed by atoms with E-state index in [2.05, 4.69) is 20.7 Å². The molecule has 0 radical (unpaired) electrons. The van der Waals surface area contributed by atoms with Crippen LogP contribution in [0.3, 0.4) is 0 Å². The lowest BCUT2D eigenvalue weighted by Gasteiger charge is -2.13. The Morgan fingerprint density at radius 3 is 2.37 bits per heavy atom. The van der Waals surface area contributed by atoms with Crippen molar-refractivity contribution in [2.75, 3.05) is 0 Å². The Kier molecular flexibility index (Phi) is 3.85. The molecule has 0 unspecified atom stereocenters. The molecule has 100 valence electrons. The lowest BCUT2D eigenvalue weighted by Crippen LogP contribution is -2.17. The van der Waals surface area contributed by atoms with Crippen LogP contribution in [0.25, 0.3) is 11.1 Å². The Hall–Kier alpha value is -1.49. The highest BCUT2D eigenvalue weighted by atomic mass is 79.9. The van der Waals surface area contributed by atoms with Crippen LogP contribution in [0.15, 0.2) is 46.9 Å². The molecule has 0 fully saturated rings. The maximum absolute atomic E-state index is 12.4. The zero-order chi connectivity index (χ0) is 14.0. The normalized spacial score (nSPS) is 11.4. The molecule has 0 aliphatic carbocycles. The number of halogens is 4. The molecule has 0 aliphatic rings. The molecule has 2 aromatic carbocycles. The van der Waals surface area contributed by atoms with Gasteiger partial charge in [0.25, 0.3) is 0 Å². The summed E-state index contributed by atoms with van der Waals surface area (Å²) in [6.45, 7) is 1.88. The maximum atomic E-state index is 12.4. The number of benzene rings is 2. The molecular formula is C14H10BrF3O. The summed E-state index contributed by atoms with van der Waals surface area (Å²) < 4.78 is 42.0. The van der Waals surface area contributed by atoms with Gasteiger partial charge in [-0.1, -0.05) is 46.3 Å². The maximum Gasteiger partial charge on any atom is 0.573 e. The number of ether oxygens (including phenoxy) is 1. The minimum atomic E-state index is -4.69. The van der Waals surface area contributed by atoms with Crippen LogP contribution in [0.4, 0.5) is 13.2 Å². The van der Waals surface area contributed by atoms with Crippen molar-refractivity contribution in [3.8, 4) is 16.9 Å². The van der Waals surface area contributed by atoms with Crippen molar-refractivity contribution in [2.24, 2.45) is 0 Å². The third-order valence-electron chi connectivity index (χ3n) is 2.58. The van der Waals surface area contributed by atoms with Gasteiger partial charge in [0.1, 0.15) is 5.75 Å². The lowest BCUT2D eigenvalue weighted by molar-refractivity contribution is -0.274. The molecule has 0 spiro atoms. The first-order valence-electron chi connectivity index (χ1n) is 5.48. The van der Waals surface area contributed by atoms with Gasteiger partial charge in [0, 0.05) is 10.0 Å². The summed E-state index contributed by atoms with van der Waals surface area (Å²) in [6, 6.07) is 11.4. The summed E-state index contributed by atoms with van der Waals surface area (Å²) in [4.78, 5) is 0. The highest BCUT2D eigenvalue weighted by Gasteiger charge is 2.32. The largest absolute Gasteiger partial charge is 0.573 e. The van der Waals surface area contributed by atoms with Gasteiger partial charge in [-0.15, -0.1) is 13.2 Å². The second-order valence-corrected chi connectivity index (χ2v) is 4.86. The van der Waals surface area contributed by atoms with Crippen molar-refractivity contribution in [2.45, 2.75) is 13.3 Å². The van der Waals surface area contributed by atoms with E-state index in [1.165, 1.54) is 12.1 Å². The van der Waals surface area contributed by atoms with Gasteiger partial charge in [-0.05, 0) is 30.2 Å². The molecule has 1 nitrogen and oxygen atoms in total. The third kappa shape index (κ3) is 3.50. The van der Waals surface area contributed by atoms with Crippen molar-refractivity contribution in [3.63, 3.8) is 0 Å². The summed E-state index contributed by atoms with van der Waals surface area (Å²) in [6.07, 6.45) is -4.69. The van der Waals surface area contributed by atoms with Crippen LogP contribution in [0, 0.1) is 6.92 Å². The number of aryl methyl sites for hydroxylation is 1. The quantitative estimate of drug-likeness (QED) is 0.723. The molecule has 0 heterocycles. The van der Waals surface area contributed by atoms with E-state index >= 15 is 0 Å². The Bertz CT molecular complexity index is 593. The third-order valence-corrected chi connectivity index (χ3v) is 3.47. The number of hydrogen-bond donors (Lipinski definition) is 0. The van der Waals surface area contributed by atoms with E-state index in [1.54, 1.807) is 24.3 Å². The molecule has 0 aliphatic heterocycles. The minimum Gasteiger partial charge on any atom is -0.405 e. The molecule has 0 atom stereocenters. The van der Waals surface area contributed by atoms with Crippen molar-refractivity contribution >= 4 is 15.9 Å². The van der Waals surface area contributed by atoms with Gasteiger partial charge in [-0.2, -0.15) is 0 Å². The average Bonchev–Trinajstić information content (AvgIpc) is 2.31. The van der Waals surface area contributed by atoms with Gasteiger partial charge < -0.3 is 4.74 Å². The second-order valence-electron chi connectivity index (χ2n) is 4.01. The van der Waals surface area contributed by atoms with Gasteiger partial charge in [-0.3, -0.25) is 0 Å². The van der Waals surface area contributed by atoms with Crippen LogP contribution in [-0.4, -0.2) is 6.36 Å². The standard InChI is InChI=1S/C14H10BrF3O/c1-9-8-10(6-7-12(9)15)11-4-2-3-5-13(11)19-14(16,17)18/h2-8H,1H3. The van der Waals surface area contributed by atoms with Gasteiger partial charge >= 0.3 is 6.36 Å². The monoisotopic (exact) mass is 330 g/mol. The van der Waals surface area contributed by atoms with Gasteiger partial charge in [0.05, 0.1) is 0 Å². The summed E-state index contributed by atoms with van der Waals surface area (Å²) in [5, 5.41) is 0. The number of para-hydroxylation sites is 1. The van der Waals surface area contributed by atoms with E-state index in [0.717, 1.165) is 10.0 Å². The molecule has 0 amide bonds. The Morgan fingerprint density at radius 2 is 1.74 bits per heavy atom. The average molecular weight is 331 g/mol. The first-order valence-corrected chi connectivity index (χ1v) is 6.27. The molecule has 0 bridgehead atoms. The smallest absolute Gasteiger partial charge is 0.405 e. The predicted octanol–water partition coefficient (Wildman–Crippen LogP) is 5.32. The molecule has 0 saturated heterocycles. The number of hydrogen-bond acceptors (Lipinski definition) is 1. The molecule has 5 heteroatoms. The molecule has 0 aromatic heterocycles. The van der Waals surface area contributed by atoms with Crippen LogP contribution in [-0.2, 0) is 0 Å². The van der Waals surface area contributed by atoms with Crippen molar-refractivity contribution < 1.29 is 17.9 Å². The first kappa shape index (κ1) is 13.9. The van der Waals surface area contributed by atoms with Crippen molar-refractivity contribution in [1.29, 1.82) is 0 Å². The lowest BCUT2D eigenvalue weighted by atomic mass is 10.0. The molecule has 2 aromatic rings. The van der Waals surface area contributed by atoms with E-state index in [0.29, 0.717) is 11.1 Å². The van der Waals surface area contributed by atoms with E-state index in [9.17, 15) is 13.2 Å². The Morgan fingerprint density at radius 1 is 1.05 bits per heavy atom. The van der Waals surface area contributed by atoms with Crippen LogP contribution >= 0.6 is 15.9 Å². The second kappa shape index (κ2) is 5.25. The summed E-state index contributed by atoms with van der Waals surface area (Å²) in [5.41, 5.74) is 2.04. The molecule has 0 N–H and O–H groups in total. The first-order chi connectivity index (χ1) is 8.87. The molecule has 2 rings (SSSR count). The molecule has 19 heavy (non-hydrogen) atoms. The molecule has 0 saturated carbocycles. The summed E-state index contributed by atoms with van der Waals surface area (Å²) in [7, 11) is 0. The van der Waals surface area contributed by atoms with Gasteiger partial charge in [0.15, 0.2) is 0 Å². The zero-order valence-corrected chi connectivity index (χ0v) is 11.5. The van der Waals surface area contributed by atoms with Gasteiger partial charge in [0.2, 0.25) is 0 Å². The summed E-state index contributed by atoms with van der Waals surface area (Å²) in [5.74, 6) is -0.197. The highest BCUT2D eigenvalue weighted by molar-refractivity contribution is 9.10. The number of alkyl halides is 3. The fraction of sp³-hybridized carbons (Fsp3) is 0.143. The van der Waals surface area contributed by atoms with Crippen LogP contribution < -0.4 is 4.74 Å². The fourth-order valence-corrected chi connectivity index (χ4v) is 1.98. The molecular weight excluding hydrogens is 321 g/mol. The van der Waals surface area contributed by atoms with Gasteiger partial charge in [-0.25, -0.2) is 0 Å². The Labute approximate surface area is 117 Å². The van der Waals surface area contributed by atoms with Crippen LogP contribution in [0.2, 0.25) is 0 Å². The zero-order valence-electron chi connectivity index (χ0n) is 9.96. The topological polar surface area (TPSA) is 9.23 Å². The van der Waals surface area contributed by atoms with Crippen molar-refractivity contribution in [1.82, 2.24) is 0 Å². The highest BCUT2D eigenvalue weighted by Crippen LogP contribution is 2.34. The van der Waals surface area contributed by atoms with Crippen LogP contribution in [0.1, 0.15) is 5.56 Å². The van der Waals surface area contributed by atoms with Crippen LogP contribution in [0.5, 0.6) is 5.75 Å². The number of rotatable bonds is 2.